The predicted octanol–water partition coefficient (Wildman–Crippen LogP) is 4.41. The van der Waals surface area contributed by atoms with Crippen LogP contribution in [0.5, 0.6) is 11.5 Å². The molecule has 0 radical (unpaired) electrons. The Kier molecular flexibility index (Phi) is 9.57. The van der Waals surface area contributed by atoms with E-state index in [0.29, 0.717) is 18.7 Å². The highest BCUT2D eigenvalue weighted by Crippen LogP contribution is 2.21. The number of nitrogens with zero attached hydrogens (tertiary/aromatic N) is 1. The fourth-order valence-corrected chi connectivity index (χ4v) is 3.39. The average molecular weight is 441 g/mol. The maximum Gasteiger partial charge on any atom is 0.261 e. The van der Waals surface area contributed by atoms with E-state index < -0.39 is 6.04 Å². The molecular weight excluding hydrogens is 404 g/mol. The second kappa shape index (κ2) is 12.1. The van der Waals surface area contributed by atoms with Gasteiger partial charge in [0.25, 0.3) is 5.91 Å². The van der Waals surface area contributed by atoms with Crippen LogP contribution < -0.4 is 14.8 Å². The van der Waals surface area contributed by atoms with E-state index in [0.717, 1.165) is 28.9 Å². The minimum absolute atomic E-state index is 0.0423. The molecule has 0 saturated heterocycles. The first-order valence-corrected chi connectivity index (χ1v) is 11.2. The summed E-state index contributed by atoms with van der Waals surface area (Å²) in [5.41, 5.74) is 3.02. The van der Waals surface area contributed by atoms with E-state index in [1.807, 2.05) is 77.1 Å². The normalized spacial score (nSPS) is 12.6. The monoisotopic (exact) mass is 440 g/mol. The molecule has 0 aromatic heterocycles. The SMILES string of the molecule is CCC(C)NC(=O)C(CC)N(Cc1ccc(OC)cc1)C(=O)COc1cccc(C)c1C. The molecule has 2 unspecified atom stereocenters. The van der Waals surface area contributed by atoms with Gasteiger partial charge < -0.3 is 19.7 Å². The van der Waals surface area contributed by atoms with Crippen LogP contribution in [0.3, 0.4) is 0 Å². The molecule has 2 rings (SSSR count). The Hall–Kier alpha value is -3.02. The molecule has 0 heterocycles. The number of methoxy groups -OCH3 is 1. The third-order valence-corrected chi connectivity index (χ3v) is 5.80. The summed E-state index contributed by atoms with van der Waals surface area (Å²) in [6, 6.07) is 12.7. The van der Waals surface area contributed by atoms with Gasteiger partial charge >= 0.3 is 0 Å². The summed E-state index contributed by atoms with van der Waals surface area (Å²) in [6.45, 7) is 10.1. The topological polar surface area (TPSA) is 67.9 Å². The van der Waals surface area contributed by atoms with Crippen LogP contribution in [0.2, 0.25) is 0 Å². The molecule has 0 aliphatic carbocycles. The van der Waals surface area contributed by atoms with Crippen molar-refractivity contribution in [2.24, 2.45) is 0 Å². The van der Waals surface area contributed by atoms with Crippen LogP contribution >= 0.6 is 0 Å². The summed E-state index contributed by atoms with van der Waals surface area (Å²) >= 11 is 0. The van der Waals surface area contributed by atoms with Gasteiger partial charge in [-0.15, -0.1) is 0 Å². The lowest BCUT2D eigenvalue weighted by Gasteiger charge is -2.31. The molecule has 32 heavy (non-hydrogen) atoms. The van der Waals surface area contributed by atoms with Crippen LogP contribution in [0.15, 0.2) is 42.5 Å². The van der Waals surface area contributed by atoms with E-state index in [2.05, 4.69) is 5.32 Å². The molecule has 2 atom stereocenters. The largest absolute Gasteiger partial charge is 0.497 e. The molecule has 174 valence electrons. The Morgan fingerprint density at radius 3 is 2.31 bits per heavy atom. The number of rotatable bonds is 11. The third kappa shape index (κ3) is 6.74. The van der Waals surface area contributed by atoms with Gasteiger partial charge in [0.05, 0.1) is 7.11 Å². The van der Waals surface area contributed by atoms with Crippen molar-refractivity contribution in [3.8, 4) is 11.5 Å². The molecule has 0 aliphatic rings. The quantitative estimate of drug-likeness (QED) is 0.562. The van der Waals surface area contributed by atoms with E-state index in [9.17, 15) is 9.59 Å². The first-order chi connectivity index (χ1) is 15.3. The number of carbonyl (C=O) groups is 2. The van der Waals surface area contributed by atoms with Crippen molar-refractivity contribution in [3.63, 3.8) is 0 Å². The second-order valence-electron chi connectivity index (χ2n) is 8.10. The molecule has 6 heteroatoms. The molecule has 0 aliphatic heterocycles. The minimum Gasteiger partial charge on any atom is -0.497 e. The first-order valence-electron chi connectivity index (χ1n) is 11.2. The average Bonchev–Trinajstić information content (AvgIpc) is 2.79. The molecular formula is C26H36N2O4. The summed E-state index contributed by atoms with van der Waals surface area (Å²) in [4.78, 5) is 27.9. The maximum absolute atomic E-state index is 13.3. The Morgan fingerprint density at radius 1 is 1.03 bits per heavy atom. The number of benzene rings is 2. The zero-order valence-electron chi connectivity index (χ0n) is 20.1. The Bertz CT molecular complexity index is 895. The zero-order valence-corrected chi connectivity index (χ0v) is 20.1. The number of hydrogen-bond donors (Lipinski definition) is 1. The highest BCUT2D eigenvalue weighted by atomic mass is 16.5. The molecule has 2 amide bonds. The Labute approximate surface area is 191 Å². The predicted molar refractivity (Wildman–Crippen MR) is 127 cm³/mol. The van der Waals surface area contributed by atoms with Crippen LogP contribution in [-0.4, -0.2) is 42.5 Å². The fraction of sp³-hybridized carbons (Fsp3) is 0.462. The third-order valence-electron chi connectivity index (χ3n) is 5.80. The summed E-state index contributed by atoms with van der Waals surface area (Å²) in [5, 5.41) is 3.02. The molecule has 0 saturated carbocycles. The highest BCUT2D eigenvalue weighted by molar-refractivity contribution is 5.88. The van der Waals surface area contributed by atoms with E-state index in [-0.39, 0.29) is 24.5 Å². The number of ether oxygens (including phenoxy) is 2. The number of hydrogen-bond acceptors (Lipinski definition) is 4. The Morgan fingerprint density at radius 2 is 1.72 bits per heavy atom. The van der Waals surface area contributed by atoms with E-state index in [1.54, 1.807) is 12.0 Å². The molecule has 0 spiro atoms. The highest BCUT2D eigenvalue weighted by Gasteiger charge is 2.29. The van der Waals surface area contributed by atoms with Gasteiger partial charge in [0, 0.05) is 12.6 Å². The zero-order chi connectivity index (χ0) is 23.7. The lowest BCUT2D eigenvalue weighted by molar-refractivity contribution is -0.143. The summed E-state index contributed by atoms with van der Waals surface area (Å²) in [6.07, 6.45) is 1.33. The number of amides is 2. The van der Waals surface area contributed by atoms with Gasteiger partial charge in [-0.3, -0.25) is 9.59 Å². The van der Waals surface area contributed by atoms with Crippen LogP contribution in [-0.2, 0) is 16.1 Å². The molecule has 0 fully saturated rings. The Balaban J connectivity index is 2.24. The lowest BCUT2D eigenvalue weighted by atomic mass is 10.1. The van der Waals surface area contributed by atoms with Gasteiger partial charge in [-0.1, -0.05) is 38.1 Å². The van der Waals surface area contributed by atoms with E-state index in [4.69, 9.17) is 9.47 Å². The summed E-state index contributed by atoms with van der Waals surface area (Å²) < 4.78 is 11.1. The minimum atomic E-state index is -0.583. The summed E-state index contributed by atoms with van der Waals surface area (Å²) in [7, 11) is 1.61. The van der Waals surface area contributed by atoms with Gasteiger partial charge in [0.15, 0.2) is 6.61 Å². The second-order valence-corrected chi connectivity index (χ2v) is 8.10. The first kappa shape index (κ1) is 25.2. The van der Waals surface area contributed by atoms with E-state index in [1.165, 1.54) is 0 Å². The van der Waals surface area contributed by atoms with Crippen molar-refractivity contribution in [1.82, 2.24) is 10.2 Å². The van der Waals surface area contributed by atoms with Gasteiger partial charge in [-0.05, 0) is 68.5 Å². The smallest absolute Gasteiger partial charge is 0.261 e. The van der Waals surface area contributed by atoms with Gasteiger partial charge in [0.1, 0.15) is 17.5 Å². The standard InChI is InChI=1S/C26H36N2O4/c1-7-19(4)27-26(30)23(8-2)28(16-21-12-14-22(31-6)15-13-21)25(29)17-32-24-11-9-10-18(3)20(24)5/h9-15,19,23H,7-8,16-17H2,1-6H3,(H,27,30). The van der Waals surface area contributed by atoms with Crippen LogP contribution in [0.4, 0.5) is 0 Å². The van der Waals surface area contributed by atoms with Crippen LogP contribution in [0.1, 0.15) is 50.3 Å². The van der Waals surface area contributed by atoms with Crippen molar-refractivity contribution < 1.29 is 19.1 Å². The fourth-order valence-electron chi connectivity index (χ4n) is 3.39. The van der Waals surface area contributed by atoms with Gasteiger partial charge in [-0.25, -0.2) is 0 Å². The lowest BCUT2D eigenvalue weighted by Crippen LogP contribution is -2.51. The van der Waals surface area contributed by atoms with Gasteiger partial charge in [0.2, 0.25) is 5.91 Å². The molecule has 2 aromatic rings. The molecule has 2 aromatic carbocycles. The number of aryl methyl sites for hydroxylation is 1. The number of carbonyl (C=O) groups excluding carboxylic acids is 2. The van der Waals surface area contributed by atoms with Crippen molar-refractivity contribution in [2.75, 3.05) is 13.7 Å². The van der Waals surface area contributed by atoms with Gasteiger partial charge in [-0.2, -0.15) is 0 Å². The summed E-state index contributed by atoms with van der Waals surface area (Å²) in [5.74, 6) is 1.05. The van der Waals surface area contributed by atoms with E-state index >= 15 is 0 Å². The van der Waals surface area contributed by atoms with Crippen molar-refractivity contribution in [2.45, 2.75) is 66.1 Å². The molecule has 1 N–H and O–H groups in total. The van der Waals surface area contributed by atoms with Crippen molar-refractivity contribution in [1.29, 1.82) is 0 Å². The molecule has 6 nitrogen and oxygen atoms in total. The maximum atomic E-state index is 13.3. The van der Waals surface area contributed by atoms with Crippen molar-refractivity contribution >= 4 is 11.8 Å². The molecule has 0 bridgehead atoms. The van der Waals surface area contributed by atoms with Crippen molar-refractivity contribution in [3.05, 3.63) is 59.2 Å². The number of nitrogens with one attached hydrogen (secondary N) is 1. The van der Waals surface area contributed by atoms with Crippen LogP contribution in [0, 0.1) is 13.8 Å². The van der Waals surface area contributed by atoms with Crippen LogP contribution in [0.25, 0.3) is 0 Å².